The summed E-state index contributed by atoms with van der Waals surface area (Å²) in [5, 5.41) is 16.2. The Morgan fingerprint density at radius 2 is 2.05 bits per heavy atom. The van der Waals surface area contributed by atoms with E-state index in [1.807, 2.05) is 28.9 Å². The van der Waals surface area contributed by atoms with E-state index in [1.54, 1.807) is 17.6 Å². The first-order valence-electron chi connectivity index (χ1n) is 12.9. The number of benzene rings is 1. The molecule has 0 aliphatic heterocycles. The highest BCUT2D eigenvalue weighted by atomic mass is 32.1. The second-order valence-electron chi connectivity index (χ2n) is 9.72. The number of rotatable bonds is 9. The second kappa shape index (κ2) is 10.4. The van der Waals surface area contributed by atoms with Crippen LogP contribution in [0.2, 0.25) is 0 Å². The third kappa shape index (κ3) is 4.89. The lowest BCUT2D eigenvalue weighted by Crippen LogP contribution is -2.35. The molecule has 6 rings (SSSR count). The van der Waals surface area contributed by atoms with Gasteiger partial charge in [-0.2, -0.15) is 0 Å². The van der Waals surface area contributed by atoms with Gasteiger partial charge in [-0.1, -0.05) is 31.9 Å². The van der Waals surface area contributed by atoms with Crippen LogP contribution in [0.5, 0.6) is 0 Å². The first-order valence-corrected chi connectivity index (χ1v) is 13.8. The van der Waals surface area contributed by atoms with Crippen molar-refractivity contribution in [3.05, 3.63) is 98.1 Å². The summed E-state index contributed by atoms with van der Waals surface area (Å²) in [4.78, 5) is 20.3. The van der Waals surface area contributed by atoms with Crippen LogP contribution in [0.25, 0.3) is 10.9 Å². The molecular formula is C28H30N6O2S. The lowest BCUT2D eigenvalue weighted by Gasteiger charge is -2.30. The molecule has 8 nitrogen and oxygen atoms in total. The van der Waals surface area contributed by atoms with Gasteiger partial charge in [-0.15, -0.1) is 16.4 Å². The van der Waals surface area contributed by atoms with E-state index in [1.165, 1.54) is 10.4 Å². The molecule has 1 fully saturated rings. The lowest BCUT2D eigenvalue weighted by molar-refractivity contribution is 0.178. The van der Waals surface area contributed by atoms with Gasteiger partial charge >= 0.3 is 0 Å². The van der Waals surface area contributed by atoms with Gasteiger partial charge in [-0.3, -0.25) is 9.69 Å². The van der Waals surface area contributed by atoms with Crippen LogP contribution in [-0.4, -0.2) is 30.1 Å². The maximum Gasteiger partial charge on any atom is 0.253 e. The molecule has 0 spiro atoms. The van der Waals surface area contributed by atoms with E-state index in [9.17, 15) is 4.79 Å². The number of aromatic nitrogens is 5. The highest BCUT2D eigenvalue weighted by molar-refractivity contribution is 7.09. The number of tetrazole rings is 1. The molecule has 1 saturated carbocycles. The quantitative estimate of drug-likeness (QED) is 0.274. The number of nitrogens with zero attached hydrogens (tertiary/aromatic N) is 5. The summed E-state index contributed by atoms with van der Waals surface area (Å²) in [7, 11) is 0. The highest BCUT2D eigenvalue weighted by Crippen LogP contribution is 2.35. The minimum Gasteiger partial charge on any atom is -0.468 e. The summed E-state index contributed by atoms with van der Waals surface area (Å²) in [5.41, 5.74) is 2.57. The van der Waals surface area contributed by atoms with Crippen LogP contribution in [0.3, 0.4) is 0 Å². The number of hydrogen-bond donors (Lipinski definition) is 1. The van der Waals surface area contributed by atoms with E-state index in [-0.39, 0.29) is 11.6 Å². The van der Waals surface area contributed by atoms with Gasteiger partial charge in [-0.25, -0.2) is 4.68 Å². The molecule has 0 unspecified atom stereocenters. The monoisotopic (exact) mass is 514 g/mol. The maximum absolute atomic E-state index is 13.7. The van der Waals surface area contributed by atoms with Gasteiger partial charge in [0.05, 0.1) is 18.8 Å². The van der Waals surface area contributed by atoms with E-state index in [2.05, 4.69) is 62.0 Å². The Morgan fingerprint density at radius 1 is 1.16 bits per heavy atom. The summed E-state index contributed by atoms with van der Waals surface area (Å²) in [5.74, 6) is 1.53. The van der Waals surface area contributed by atoms with Crippen LogP contribution in [-0.2, 0) is 19.5 Å². The molecule has 0 bridgehead atoms. The molecule has 4 aromatic heterocycles. The minimum atomic E-state index is -0.457. The molecule has 1 N–H and O–H groups in total. The molecular weight excluding hydrogens is 484 g/mol. The Balaban J connectivity index is 1.53. The Bertz CT molecular complexity index is 1480. The lowest BCUT2D eigenvalue weighted by atomic mass is 10.0. The molecule has 1 aliphatic rings. The van der Waals surface area contributed by atoms with Gasteiger partial charge < -0.3 is 9.40 Å². The van der Waals surface area contributed by atoms with Crippen LogP contribution in [0.15, 0.2) is 69.4 Å². The number of nitrogens with one attached hydrogen (secondary N) is 1. The van der Waals surface area contributed by atoms with E-state index >= 15 is 0 Å². The first kappa shape index (κ1) is 23.8. The Hall–Kier alpha value is -3.56. The fourth-order valence-corrected chi connectivity index (χ4v) is 6.16. The van der Waals surface area contributed by atoms with Gasteiger partial charge in [0.15, 0.2) is 5.82 Å². The number of pyridine rings is 1. The normalized spacial score (nSPS) is 15.2. The first-order chi connectivity index (χ1) is 18.2. The topological polar surface area (TPSA) is 92.8 Å². The van der Waals surface area contributed by atoms with E-state index in [0.717, 1.165) is 48.8 Å². The van der Waals surface area contributed by atoms with Crippen molar-refractivity contribution < 1.29 is 4.42 Å². The van der Waals surface area contributed by atoms with Crippen molar-refractivity contribution in [3.63, 3.8) is 0 Å². The summed E-state index contributed by atoms with van der Waals surface area (Å²) < 4.78 is 7.73. The molecule has 0 radical (unpaired) electrons. The molecule has 190 valence electrons. The molecule has 1 atom stereocenters. The fourth-order valence-electron chi connectivity index (χ4n) is 5.43. The average molecular weight is 515 g/mol. The SMILES string of the molecule is CCc1ccc2[nH]c(=O)c([C@@H](c3nnnn3C3CCCC3)N(Cc3ccco3)Cc3cccs3)cc2c1. The summed E-state index contributed by atoms with van der Waals surface area (Å²) in [6, 6.07) is 16.1. The predicted octanol–water partition coefficient (Wildman–Crippen LogP) is 5.64. The standard InChI is InChI=1S/C28H30N6O2S/c1-2-19-11-12-25-20(15-19)16-24(28(35)29-25)26(27-30-31-32-34(27)21-7-3-4-8-21)33(17-22-9-5-13-36-22)18-23-10-6-14-37-23/h5-6,9-16,21,26H,2-4,7-8,17-18H2,1H3,(H,29,35)/t26-/m0/s1. The Morgan fingerprint density at radius 3 is 2.81 bits per heavy atom. The Kier molecular flexibility index (Phi) is 6.72. The molecule has 0 saturated heterocycles. The molecule has 9 heteroatoms. The van der Waals surface area contributed by atoms with E-state index in [4.69, 9.17) is 4.42 Å². The highest BCUT2D eigenvalue weighted by Gasteiger charge is 2.34. The Labute approximate surface area is 218 Å². The minimum absolute atomic E-state index is 0.127. The zero-order valence-electron chi connectivity index (χ0n) is 20.8. The van der Waals surface area contributed by atoms with Crippen LogP contribution < -0.4 is 5.56 Å². The smallest absolute Gasteiger partial charge is 0.253 e. The molecule has 0 amide bonds. The number of fused-ring (bicyclic) bond motifs is 1. The molecule has 1 aromatic carbocycles. The van der Waals surface area contributed by atoms with Crippen molar-refractivity contribution in [2.45, 2.75) is 64.2 Å². The van der Waals surface area contributed by atoms with Gasteiger partial charge in [0.2, 0.25) is 0 Å². The largest absolute Gasteiger partial charge is 0.468 e. The fraction of sp³-hybridized carbons (Fsp3) is 0.357. The molecule has 4 heterocycles. The number of thiophene rings is 1. The summed E-state index contributed by atoms with van der Waals surface area (Å²) >= 11 is 1.70. The maximum atomic E-state index is 13.7. The number of aromatic amines is 1. The van der Waals surface area contributed by atoms with Crippen molar-refractivity contribution in [3.8, 4) is 0 Å². The number of hydrogen-bond acceptors (Lipinski definition) is 7. The number of aryl methyl sites for hydroxylation is 1. The van der Waals surface area contributed by atoms with E-state index in [0.29, 0.717) is 24.5 Å². The number of furan rings is 1. The van der Waals surface area contributed by atoms with Gasteiger partial charge in [0.25, 0.3) is 5.56 Å². The van der Waals surface area contributed by atoms with Crippen LogP contribution in [0, 0.1) is 0 Å². The summed E-state index contributed by atoms with van der Waals surface area (Å²) in [6.45, 7) is 3.28. The third-order valence-electron chi connectivity index (χ3n) is 7.32. The molecule has 5 aromatic rings. The average Bonchev–Trinajstić information content (AvgIpc) is 3.73. The van der Waals surface area contributed by atoms with Crippen molar-refractivity contribution >= 4 is 22.2 Å². The van der Waals surface area contributed by atoms with Gasteiger partial charge in [0, 0.05) is 22.5 Å². The third-order valence-corrected chi connectivity index (χ3v) is 8.18. The van der Waals surface area contributed by atoms with Crippen LogP contribution in [0.1, 0.15) is 72.3 Å². The zero-order chi connectivity index (χ0) is 25.2. The summed E-state index contributed by atoms with van der Waals surface area (Å²) in [6.07, 6.45) is 7.03. The second-order valence-corrected chi connectivity index (χ2v) is 10.7. The van der Waals surface area contributed by atoms with Gasteiger partial charge in [0.1, 0.15) is 11.8 Å². The van der Waals surface area contributed by atoms with Crippen molar-refractivity contribution in [2.75, 3.05) is 0 Å². The molecule has 1 aliphatic carbocycles. The van der Waals surface area contributed by atoms with Crippen molar-refractivity contribution in [2.24, 2.45) is 0 Å². The van der Waals surface area contributed by atoms with Crippen molar-refractivity contribution in [1.29, 1.82) is 0 Å². The van der Waals surface area contributed by atoms with Gasteiger partial charge in [-0.05, 0) is 82.4 Å². The van der Waals surface area contributed by atoms with E-state index < -0.39 is 6.04 Å². The van der Waals surface area contributed by atoms with Crippen LogP contribution in [0.4, 0.5) is 0 Å². The zero-order valence-corrected chi connectivity index (χ0v) is 21.7. The molecule has 37 heavy (non-hydrogen) atoms. The van der Waals surface area contributed by atoms with Crippen molar-refractivity contribution in [1.82, 2.24) is 30.1 Å². The van der Waals surface area contributed by atoms with Crippen LogP contribution >= 0.6 is 11.3 Å². The number of H-pyrrole nitrogens is 1. The predicted molar refractivity (Wildman–Crippen MR) is 143 cm³/mol.